The molecular formula is C29H27NO3. The van der Waals surface area contributed by atoms with Gasteiger partial charge in [0, 0.05) is 16.8 Å². The Morgan fingerprint density at radius 1 is 0.667 bits per heavy atom. The van der Waals surface area contributed by atoms with Gasteiger partial charge in [-0.3, -0.25) is 0 Å². The van der Waals surface area contributed by atoms with Gasteiger partial charge in [-0.2, -0.15) is 0 Å². The van der Waals surface area contributed by atoms with Crippen molar-refractivity contribution in [3.05, 3.63) is 83.9 Å². The molecule has 166 valence electrons. The molecular weight excluding hydrogens is 410 g/mol. The number of anilines is 3. The molecule has 0 radical (unpaired) electrons. The van der Waals surface area contributed by atoms with Crippen LogP contribution < -0.4 is 4.90 Å². The van der Waals surface area contributed by atoms with Gasteiger partial charge in [0.1, 0.15) is 11.4 Å². The van der Waals surface area contributed by atoms with Gasteiger partial charge in [-0.25, -0.2) is 9.78 Å². The van der Waals surface area contributed by atoms with Crippen LogP contribution in [0.15, 0.2) is 72.8 Å². The van der Waals surface area contributed by atoms with E-state index in [4.69, 9.17) is 9.78 Å². The molecule has 33 heavy (non-hydrogen) atoms. The van der Waals surface area contributed by atoms with Crippen LogP contribution >= 0.6 is 0 Å². The Morgan fingerprint density at radius 3 is 1.73 bits per heavy atom. The van der Waals surface area contributed by atoms with Crippen LogP contribution in [0.25, 0.3) is 0 Å². The standard InChI is InChI=1S/C29H27NO3/c31-23-11-9-22(10-12-23)30-26-7-3-1-5-24(26)29(25-6-2-4-8-27(25)30)28(32-33-29)20-14-18-13-19(16-20)17-21(28)15-18/h1-12,18-21,31H,13-17H2. The molecule has 3 aromatic carbocycles. The normalized spacial score (nSPS) is 34.2. The van der Waals surface area contributed by atoms with Crippen LogP contribution in [0.3, 0.4) is 0 Å². The van der Waals surface area contributed by atoms with Crippen molar-refractivity contribution >= 4 is 17.1 Å². The van der Waals surface area contributed by atoms with Crippen molar-refractivity contribution in [1.29, 1.82) is 0 Å². The van der Waals surface area contributed by atoms with E-state index in [1.165, 1.54) is 43.2 Å². The summed E-state index contributed by atoms with van der Waals surface area (Å²) >= 11 is 0. The molecule has 0 amide bonds. The first kappa shape index (κ1) is 18.6. The predicted octanol–water partition coefficient (Wildman–Crippen LogP) is 6.58. The second-order valence-corrected chi connectivity index (χ2v) is 10.8. The first-order chi connectivity index (χ1) is 16.2. The number of phenols is 1. The predicted molar refractivity (Wildman–Crippen MR) is 126 cm³/mol. The highest BCUT2D eigenvalue weighted by atomic mass is 17.3. The van der Waals surface area contributed by atoms with E-state index >= 15 is 0 Å². The van der Waals surface area contributed by atoms with Crippen molar-refractivity contribution in [1.82, 2.24) is 0 Å². The first-order valence-corrected chi connectivity index (χ1v) is 12.4. The third-order valence-corrected chi connectivity index (χ3v) is 9.36. The molecule has 1 N–H and O–H groups in total. The number of benzene rings is 3. The molecule has 2 heterocycles. The van der Waals surface area contributed by atoms with Crippen LogP contribution in [0, 0.1) is 23.7 Å². The van der Waals surface area contributed by atoms with Gasteiger partial charge in [0.05, 0.1) is 11.4 Å². The molecule has 3 aromatic rings. The summed E-state index contributed by atoms with van der Waals surface area (Å²) in [5, 5.41) is 9.90. The molecule has 1 saturated heterocycles. The Labute approximate surface area is 193 Å². The van der Waals surface area contributed by atoms with Crippen LogP contribution in [0.4, 0.5) is 17.1 Å². The molecule has 9 rings (SSSR count). The zero-order valence-electron chi connectivity index (χ0n) is 18.5. The van der Waals surface area contributed by atoms with Gasteiger partial charge in [-0.15, -0.1) is 0 Å². The lowest BCUT2D eigenvalue weighted by Gasteiger charge is -2.71. The summed E-state index contributed by atoms with van der Waals surface area (Å²) in [5.41, 5.74) is 4.86. The molecule has 2 aliphatic heterocycles. The second-order valence-electron chi connectivity index (χ2n) is 10.8. The Morgan fingerprint density at radius 2 is 1.21 bits per heavy atom. The fraction of sp³-hybridized carbons (Fsp3) is 0.379. The minimum Gasteiger partial charge on any atom is -0.508 e. The minimum atomic E-state index is -0.573. The van der Waals surface area contributed by atoms with E-state index < -0.39 is 5.60 Å². The molecule has 6 aliphatic rings. The number of nitrogens with zero attached hydrogens (tertiary/aromatic N) is 1. The lowest BCUT2D eigenvalue weighted by Crippen LogP contribution is -2.76. The molecule has 4 bridgehead atoms. The Bertz CT molecular complexity index is 1190. The van der Waals surface area contributed by atoms with Crippen molar-refractivity contribution in [2.75, 3.05) is 4.90 Å². The molecule has 4 nitrogen and oxygen atoms in total. The molecule has 4 heteroatoms. The van der Waals surface area contributed by atoms with Crippen molar-refractivity contribution < 1.29 is 14.9 Å². The van der Waals surface area contributed by atoms with Gasteiger partial charge in [0.15, 0.2) is 5.60 Å². The summed E-state index contributed by atoms with van der Waals surface area (Å²) in [6.07, 6.45) is 6.49. The van der Waals surface area contributed by atoms with Crippen LogP contribution in [-0.4, -0.2) is 10.7 Å². The maximum absolute atomic E-state index is 9.90. The molecule has 0 aromatic heterocycles. The van der Waals surface area contributed by atoms with E-state index in [1.807, 2.05) is 12.1 Å². The summed E-state index contributed by atoms with van der Waals surface area (Å²) in [7, 11) is 0. The van der Waals surface area contributed by atoms with Crippen LogP contribution in [0.1, 0.15) is 43.2 Å². The second kappa shape index (κ2) is 6.19. The average molecular weight is 438 g/mol. The number of hydrogen-bond donors (Lipinski definition) is 1. The van der Waals surface area contributed by atoms with E-state index in [2.05, 4.69) is 53.4 Å². The molecule has 0 unspecified atom stereocenters. The number of hydrogen-bond acceptors (Lipinski definition) is 4. The smallest absolute Gasteiger partial charge is 0.190 e. The van der Waals surface area contributed by atoms with Gasteiger partial charge in [-0.1, -0.05) is 36.4 Å². The maximum atomic E-state index is 9.90. The topological polar surface area (TPSA) is 41.9 Å². The molecule has 0 atom stereocenters. The highest BCUT2D eigenvalue weighted by Crippen LogP contribution is 2.73. The maximum Gasteiger partial charge on any atom is 0.190 e. The van der Waals surface area contributed by atoms with Crippen LogP contribution in [0.2, 0.25) is 0 Å². The molecule has 2 spiro atoms. The number of rotatable bonds is 1. The Balaban J connectivity index is 1.39. The lowest BCUT2D eigenvalue weighted by molar-refractivity contribution is -0.583. The van der Waals surface area contributed by atoms with Gasteiger partial charge in [-0.05, 0) is 92.2 Å². The van der Waals surface area contributed by atoms with E-state index in [-0.39, 0.29) is 11.4 Å². The summed E-state index contributed by atoms with van der Waals surface area (Å²) in [4.78, 5) is 15.1. The third kappa shape index (κ3) is 2.11. The van der Waals surface area contributed by atoms with Crippen molar-refractivity contribution in [3.63, 3.8) is 0 Å². The SMILES string of the molecule is Oc1ccc(N2c3ccccc3C3(OOC34C3CC5CC(C3)CC4C5)c3ccccc32)cc1. The zero-order chi connectivity index (χ0) is 21.8. The summed E-state index contributed by atoms with van der Waals surface area (Å²) in [6.45, 7) is 0. The molecule has 4 saturated carbocycles. The van der Waals surface area contributed by atoms with E-state index in [1.54, 1.807) is 12.1 Å². The number of aromatic hydroxyl groups is 1. The highest BCUT2D eigenvalue weighted by molar-refractivity contribution is 5.86. The van der Waals surface area contributed by atoms with Gasteiger partial charge >= 0.3 is 0 Å². The molecule has 4 aliphatic carbocycles. The van der Waals surface area contributed by atoms with E-state index in [0.717, 1.165) is 28.9 Å². The zero-order valence-corrected chi connectivity index (χ0v) is 18.5. The molecule has 5 fully saturated rings. The quantitative estimate of drug-likeness (QED) is 0.437. The van der Waals surface area contributed by atoms with Crippen LogP contribution in [-0.2, 0) is 15.4 Å². The number of phenolic OH excluding ortho intramolecular Hbond substituents is 1. The number of para-hydroxylation sites is 2. The van der Waals surface area contributed by atoms with E-state index in [9.17, 15) is 5.11 Å². The fourth-order valence-corrected chi connectivity index (χ4v) is 8.41. The summed E-state index contributed by atoms with van der Waals surface area (Å²) in [6, 6.07) is 24.9. The largest absolute Gasteiger partial charge is 0.508 e. The van der Waals surface area contributed by atoms with E-state index in [0.29, 0.717) is 11.8 Å². The fourth-order valence-electron chi connectivity index (χ4n) is 8.41. The van der Waals surface area contributed by atoms with Crippen molar-refractivity contribution in [2.24, 2.45) is 23.7 Å². The van der Waals surface area contributed by atoms with Crippen molar-refractivity contribution in [3.8, 4) is 5.75 Å². The summed E-state index contributed by atoms with van der Waals surface area (Å²) in [5.74, 6) is 3.09. The van der Waals surface area contributed by atoms with Gasteiger partial charge < -0.3 is 10.0 Å². The highest BCUT2D eigenvalue weighted by Gasteiger charge is 2.77. The Hall–Kier alpha value is -2.82. The third-order valence-electron chi connectivity index (χ3n) is 9.36. The van der Waals surface area contributed by atoms with Gasteiger partial charge in [0.25, 0.3) is 0 Å². The first-order valence-electron chi connectivity index (χ1n) is 12.4. The lowest BCUT2D eigenvalue weighted by atomic mass is 9.44. The van der Waals surface area contributed by atoms with Gasteiger partial charge in [0.2, 0.25) is 0 Å². The monoisotopic (exact) mass is 437 g/mol. The summed E-state index contributed by atoms with van der Waals surface area (Å²) < 4.78 is 0. The minimum absolute atomic E-state index is 0.275. The van der Waals surface area contributed by atoms with Crippen molar-refractivity contribution in [2.45, 2.75) is 43.3 Å². The average Bonchev–Trinajstić information content (AvgIpc) is 2.82. The van der Waals surface area contributed by atoms with Crippen LogP contribution in [0.5, 0.6) is 5.75 Å². The Kier molecular flexibility index (Phi) is 3.49. The number of fused-ring (bicyclic) bond motifs is 4.